The Morgan fingerprint density at radius 2 is 2.17 bits per heavy atom. The number of thiophene rings is 1. The van der Waals surface area contributed by atoms with Crippen molar-refractivity contribution in [2.75, 3.05) is 0 Å². The van der Waals surface area contributed by atoms with Crippen molar-refractivity contribution in [1.29, 1.82) is 0 Å². The summed E-state index contributed by atoms with van der Waals surface area (Å²) in [4.78, 5) is 0. The summed E-state index contributed by atoms with van der Waals surface area (Å²) in [6.45, 7) is 2.59. The quantitative estimate of drug-likeness (QED) is 0.864. The van der Waals surface area contributed by atoms with E-state index in [1.54, 1.807) is 17.4 Å². The molecule has 1 aromatic carbocycles. The molecule has 0 aliphatic rings. The van der Waals surface area contributed by atoms with Crippen LogP contribution in [0, 0.1) is 0 Å². The fourth-order valence-corrected chi connectivity index (χ4v) is 2.95. The van der Waals surface area contributed by atoms with Gasteiger partial charge in [0, 0.05) is 23.2 Å². The second-order valence-electron chi connectivity index (χ2n) is 4.05. The first kappa shape index (κ1) is 13.7. The molecule has 2 nitrogen and oxygen atoms in total. The van der Waals surface area contributed by atoms with Crippen molar-refractivity contribution < 1.29 is 5.11 Å². The van der Waals surface area contributed by atoms with E-state index in [2.05, 4.69) is 23.7 Å². The number of benzene rings is 1. The lowest BCUT2D eigenvalue weighted by Crippen LogP contribution is -2.17. The molecular weight excluding hydrogens is 289 g/mol. The minimum absolute atomic E-state index is 0.0890. The van der Waals surface area contributed by atoms with Gasteiger partial charge < -0.3 is 10.4 Å². The molecule has 2 N–H and O–H groups in total. The van der Waals surface area contributed by atoms with Crippen LogP contribution in [0.25, 0.3) is 0 Å². The Hall–Kier alpha value is -0.740. The largest absolute Gasteiger partial charge is 0.506 e. The van der Waals surface area contributed by atoms with Gasteiger partial charge in [-0.25, -0.2) is 0 Å². The van der Waals surface area contributed by atoms with Crippen molar-refractivity contribution in [3.05, 3.63) is 50.1 Å². The fraction of sp³-hybridized carbons (Fsp3) is 0.231. The van der Waals surface area contributed by atoms with Crippen molar-refractivity contribution >= 4 is 34.5 Å². The number of hydrogen-bond acceptors (Lipinski definition) is 3. The summed E-state index contributed by atoms with van der Waals surface area (Å²) in [5.41, 5.74) is 1.93. The van der Waals surface area contributed by atoms with Crippen LogP contribution in [0.1, 0.15) is 24.1 Å². The van der Waals surface area contributed by atoms with Crippen LogP contribution in [-0.4, -0.2) is 5.11 Å². The Labute approximate surface area is 120 Å². The summed E-state index contributed by atoms with van der Waals surface area (Å²) in [6, 6.07) is 5.54. The maximum Gasteiger partial charge on any atom is 0.138 e. The number of phenols is 1. The Kier molecular flexibility index (Phi) is 4.51. The summed E-state index contributed by atoms with van der Waals surface area (Å²) in [7, 11) is 0. The average Bonchev–Trinajstić information content (AvgIpc) is 2.85. The molecule has 96 valence electrons. The summed E-state index contributed by atoms with van der Waals surface area (Å²) in [5, 5.41) is 18.1. The first-order valence-corrected chi connectivity index (χ1v) is 7.20. The Bertz CT molecular complexity index is 528. The van der Waals surface area contributed by atoms with Crippen molar-refractivity contribution in [2.45, 2.75) is 19.5 Å². The highest BCUT2D eigenvalue weighted by molar-refractivity contribution is 7.07. The molecule has 1 heterocycles. The molecule has 0 saturated carbocycles. The molecule has 18 heavy (non-hydrogen) atoms. The van der Waals surface area contributed by atoms with Crippen LogP contribution in [0.3, 0.4) is 0 Å². The standard InChI is InChI=1S/C13H13Cl2NOS/c1-8(9-2-3-18-7-9)16-6-10-4-11(14)5-12(15)13(10)17/h2-5,7-8,16-17H,6H2,1H3. The van der Waals surface area contributed by atoms with Crippen LogP contribution in [0.4, 0.5) is 0 Å². The lowest BCUT2D eigenvalue weighted by atomic mass is 10.1. The van der Waals surface area contributed by atoms with Crippen LogP contribution in [0.15, 0.2) is 29.0 Å². The van der Waals surface area contributed by atoms with E-state index in [0.29, 0.717) is 17.1 Å². The van der Waals surface area contributed by atoms with Crippen molar-refractivity contribution in [3.63, 3.8) is 0 Å². The molecular formula is C13H13Cl2NOS. The Morgan fingerprint density at radius 1 is 1.39 bits per heavy atom. The third-order valence-corrected chi connectivity index (χ3v) is 3.96. The molecule has 0 bridgehead atoms. The maximum absolute atomic E-state index is 9.84. The minimum Gasteiger partial charge on any atom is -0.506 e. The number of hydrogen-bond donors (Lipinski definition) is 2. The maximum atomic E-state index is 9.84. The van der Waals surface area contributed by atoms with Crippen molar-refractivity contribution in [3.8, 4) is 5.75 Å². The second-order valence-corrected chi connectivity index (χ2v) is 5.68. The van der Waals surface area contributed by atoms with E-state index >= 15 is 0 Å². The fourth-order valence-electron chi connectivity index (χ4n) is 1.66. The molecule has 0 saturated heterocycles. The van der Waals surface area contributed by atoms with Gasteiger partial charge in [0.25, 0.3) is 0 Å². The van der Waals surface area contributed by atoms with Gasteiger partial charge in [-0.2, -0.15) is 11.3 Å². The monoisotopic (exact) mass is 301 g/mol. The molecule has 0 amide bonds. The first-order chi connectivity index (χ1) is 8.58. The third kappa shape index (κ3) is 3.18. The van der Waals surface area contributed by atoms with E-state index in [-0.39, 0.29) is 16.8 Å². The van der Waals surface area contributed by atoms with Gasteiger partial charge in [0.2, 0.25) is 0 Å². The minimum atomic E-state index is 0.0890. The zero-order chi connectivity index (χ0) is 13.1. The van der Waals surface area contributed by atoms with E-state index in [1.165, 1.54) is 11.6 Å². The van der Waals surface area contributed by atoms with Crippen molar-refractivity contribution in [1.82, 2.24) is 5.32 Å². The molecule has 0 aliphatic heterocycles. The smallest absolute Gasteiger partial charge is 0.138 e. The highest BCUT2D eigenvalue weighted by atomic mass is 35.5. The van der Waals surface area contributed by atoms with Gasteiger partial charge >= 0.3 is 0 Å². The Morgan fingerprint density at radius 3 is 2.83 bits per heavy atom. The summed E-state index contributed by atoms with van der Waals surface area (Å²) in [5.74, 6) is 0.0890. The van der Waals surface area contributed by atoms with Crippen LogP contribution >= 0.6 is 34.5 Å². The van der Waals surface area contributed by atoms with Gasteiger partial charge in [-0.1, -0.05) is 23.2 Å². The van der Waals surface area contributed by atoms with Crippen LogP contribution in [0.2, 0.25) is 10.0 Å². The van der Waals surface area contributed by atoms with E-state index < -0.39 is 0 Å². The second kappa shape index (κ2) is 5.93. The molecule has 1 aromatic heterocycles. The van der Waals surface area contributed by atoms with Gasteiger partial charge in [0.15, 0.2) is 0 Å². The topological polar surface area (TPSA) is 32.3 Å². The molecule has 5 heteroatoms. The average molecular weight is 302 g/mol. The van der Waals surface area contributed by atoms with Gasteiger partial charge in [-0.05, 0) is 41.4 Å². The van der Waals surface area contributed by atoms with Gasteiger partial charge in [-0.15, -0.1) is 0 Å². The number of nitrogens with one attached hydrogen (secondary N) is 1. The lowest BCUT2D eigenvalue weighted by molar-refractivity contribution is 0.460. The predicted octanol–water partition coefficient (Wildman–Crippen LogP) is 4.61. The molecule has 2 rings (SSSR count). The first-order valence-electron chi connectivity index (χ1n) is 5.50. The molecule has 0 spiro atoms. The highest BCUT2D eigenvalue weighted by Crippen LogP contribution is 2.31. The van der Waals surface area contributed by atoms with Crippen LogP contribution in [-0.2, 0) is 6.54 Å². The normalized spacial score (nSPS) is 12.6. The van der Waals surface area contributed by atoms with E-state index in [0.717, 1.165) is 0 Å². The highest BCUT2D eigenvalue weighted by Gasteiger charge is 2.10. The van der Waals surface area contributed by atoms with Gasteiger partial charge in [-0.3, -0.25) is 0 Å². The SMILES string of the molecule is CC(NCc1cc(Cl)cc(Cl)c1O)c1ccsc1. The zero-order valence-electron chi connectivity index (χ0n) is 9.78. The Balaban J connectivity index is 2.06. The molecule has 1 atom stereocenters. The van der Waals surface area contributed by atoms with Crippen LogP contribution < -0.4 is 5.32 Å². The van der Waals surface area contributed by atoms with E-state index in [4.69, 9.17) is 23.2 Å². The number of halogens is 2. The van der Waals surface area contributed by atoms with E-state index in [9.17, 15) is 5.11 Å². The third-order valence-electron chi connectivity index (χ3n) is 2.75. The van der Waals surface area contributed by atoms with Crippen LogP contribution in [0.5, 0.6) is 5.75 Å². The summed E-state index contributed by atoms with van der Waals surface area (Å²) < 4.78 is 0. The molecule has 1 unspecified atom stereocenters. The predicted molar refractivity (Wildman–Crippen MR) is 77.7 cm³/mol. The van der Waals surface area contributed by atoms with Gasteiger partial charge in [0.05, 0.1) is 5.02 Å². The zero-order valence-corrected chi connectivity index (χ0v) is 12.1. The molecule has 2 aromatic rings. The number of aromatic hydroxyl groups is 1. The molecule has 0 radical (unpaired) electrons. The lowest BCUT2D eigenvalue weighted by Gasteiger charge is -2.14. The van der Waals surface area contributed by atoms with E-state index in [1.807, 2.05) is 5.38 Å². The van der Waals surface area contributed by atoms with Crippen molar-refractivity contribution in [2.24, 2.45) is 0 Å². The van der Waals surface area contributed by atoms with Gasteiger partial charge in [0.1, 0.15) is 5.75 Å². The number of phenolic OH excluding ortho intramolecular Hbond substituents is 1. The molecule has 0 aliphatic carbocycles. The summed E-state index contributed by atoms with van der Waals surface area (Å²) in [6.07, 6.45) is 0. The molecule has 0 fully saturated rings. The summed E-state index contributed by atoms with van der Waals surface area (Å²) >= 11 is 13.5. The number of rotatable bonds is 4.